The smallest absolute Gasteiger partial charge is 0.249 e. The number of fused-ring (bicyclic) bond motifs is 3. The van der Waals surface area contributed by atoms with Crippen molar-refractivity contribution in [2.24, 2.45) is 5.73 Å². The summed E-state index contributed by atoms with van der Waals surface area (Å²) in [6.45, 7) is 0. The molecule has 0 bridgehead atoms. The van der Waals surface area contributed by atoms with Gasteiger partial charge < -0.3 is 19.9 Å². The molecule has 4 aromatic carbocycles. The topological polar surface area (TPSA) is 70.8 Å². The van der Waals surface area contributed by atoms with E-state index in [2.05, 4.69) is 12.1 Å². The van der Waals surface area contributed by atoms with Gasteiger partial charge >= 0.3 is 0 Å². The molecule has 0 aromatic heterocycles. The lowest BCUT2D eigenvalue weighted by Crippen LogP contribution is -2.16. The van der Waals surface area contributed by atoms with Crippen molar-refractivity contribution in [1.29, 1.82) is 0 Å². The summed E-state index contributed by atoms with van der Waals surface area (Å²) in [5, 5.41) is 0. The van der Waals surface area contributed by atoms with E-state index in [1.807, 2.05) is 66.7 Å². The highest BCUT2D eigenvalue weighted by molar-refractivity contribution is 6.00. The van der Waals surface area contributed by atoms with Crippen molar-refractivity contribution in [2.45, 2.75) is 6.10 Å². The normalized spacial score (nSPS) is 13.9. The van der Waals surface area contributed by atoms with E-state index in [1.165, 1.54) is 0 Å². The minimum absolute atomic E-state index is 0.365. The Morgan fingerprint density at radius 1 is 0.848 bits per heavy atom. The Hall–Kier alpha value is -4.25. The molecule has 1 unspecified atom stereocenters. The molecular weight excluding hydrogens is 414 g/mol. The third-order valence-corrected chi connectivity index (χ3v) is 5.96. The second kappa shape index (κ2) is 8.36. The lowest BCUT2D eigenvalue weighted by Gasteiger charge is -2.31. The number of carbonyl (C=O) groups is 1. The van der Waals surface area contributed by atoms with Gasteiger partial charge in [0, 0.05) is 16.7 Å². The van der Waals surface area contributed by atoms with Crippen LogP contribution in [-0.4, -0.2) is 20.1 Å². The molecule has 1 atom stereocenters. The van der Waals surface area contributed by atoms with Gasteiger partial charge in [-0.1, -0.05) is 48.5 Å². The number of rotatable bonds is 5. The average Bonchev–Trinajstić information content (AvgIpc) is 2.87. The molecule has 5 nitrogen and oxygen atoms in total. The Bertz CT molecular complexity index is 1360. The first-order chi connectivity index (χ1) is 16.1. The standard InChI is InChI=1S/C28H23NO4/c1-31-19-8-5-7-18(15-19)27-23-16-17(20-9-3-4-10-22(20)28(29)30)13-14-21(23)26-24(32-2)11-6-12-25(26)33-27/h3-16,27H,1-2H3,(H2,29,30). The Labute approximate surface area is 192 Å². The van der Waals surface area contributed by atoms with Crippen LogP contribution in [0.1, 0.15) is 27.6 Å². The number of methoxy groups -OCH3 is 2. The third-order valence-electron chi connectivity index (χ3n) is 5.96. The predicted molar refractivity (Wildman–Crippen MR) is 128 cm³/mol. The molecule has 0 aliphatic carbocycles. The Kier molecular flexibility index (Phi) is 5.23. The van der Waals surface area contributed by atoms with Crippen LogP contribution in [0.5, 0.6) is 17.2 Å². The van der Waals surface area contributed by atoms with Crippen molar-refractivity contribution in [3.8, 4) is 39.5 Å². The molecule has 5 heteroatoms. The summed E-state index contributed by atoms with van der Waals surface area (Å²) < 4.78 is 17.6. The fourth-order valence-corrected chi connectivity index (χ4v) is 4.41. The van der Waals surface area contributed by atoms with E-state index in [9.17, 15) is 4.79 Å². The minimum atomic E-state index is -0.462. The highest BCUT2D eigenvalue weighted by Crippen LogP contribution is 2.50. The highest BCUT2D eigenvalue weighted by atomic mass is 16.5. The number of primary amides is 1. The maximum Gasteiger partial charge on any atom is 0.249 e. The van der Waals surface area contributed by atoms with Crippen molar-refractivity contribution >= 4 is 5.91 Å². The van der Waals surface area contributed by atoms with Crippen LogP contribution in [0.15, 0.2) is 84.9 Å². The van der Waals surface area contributed by atoms with Gasteiger partial charge in [-0.2, -0.15) is 0 Å². The van der Waals surface area contributed by atoms with Crippen molar-refractivity contribution in [2.75, 3.05) is 14.2 Å². The summed E-state index contributed by atoms with van der Waals surface area (Å²) in [6, 6.07) is 27.1. The van der Waals surface area contributed by atoms with Crippen LogP contribution in [0, 0.1) is 0 Å². The molecular formula is C28H23NO4. The predicted octanol–water partition coefficient (Wildman–Crippen LogP) is 5.62. The van der Waals surface area contributed by atoms with Crippen LogP contribution in [0.3, 0.4) is 0 Å². The number of benzene rings is 4. The maximum absolute atomic E-state index is 12.1. The molecule has 0 fully saturated rings. The summed E-state index contributed by atoms with van der Waals surface area (Å²) in [5.41, 5.74) is 11.6. The van der Waals surface area contributed by atoms with Crippen LogP contribution in [0.4, 0.5) is 0 Å². The Morgan fingerprint density at radius 3 is 2.45 bits per heavy atom. The number of ether oxygens (including phenoxy) is 3. The molecule has 1 aliphatic heterocycles. The van der Waals surface area contributed by atoms with Crippen LogP contribution in [-0.2, 0) is 0 Å². The van der Waals surface area contributed by atoms with E-state index >= 15 is 0 Å². The van der Waals surface area contributed by atoms with Crippen molar-refractivity contribution in [3.05, 3.63) is 102 Å². The lowest BCUT2D eigenvalue weighted by molar-refractivity contribution is 0.100. The zero-order valence-electron chi connectivity index (χ0n) is 18.4. The molecule has 0 spiro atoms. The van der Waals surface area contributed by atoms with Gasteiger partial charge in [0.1, 0.15) is 23.4 Å². The number of amides is 1. The first kappa shape index (κ1) is 20.6. The molecule has 1 amide bonds. The fourth-order valence-electron chi connectivity index (χ4n) is 4.41. The zero-order valence-corrected chi connectivity index (χ0v) is 18.4. The first-order valence-corrected chi connectivity index (χ1v) is 10.6. The van der Waals surface area contributed by atoms with Crippen molar-refractivity contribution in [1.82, 2.24) is 0 Å². The van der Waals surface area contributed by atoms with E-state index in [0.717, 1.165) is 50.6 Å². The van der Waals surface area contributed by atoms with Crippen LogP contribution in [0.25, 0.3) is 22.3 Å². The molecule has 2 N–H and O–H groups in total. The molecule has 0 radical (unpaired) electrons. The van der Waals surface area contributed by atoms with Gasteiger partial charge in [0.05, 0.1) is 19.8 Å². The van der Waals surface area contributed by atoms with Crippen molar-refractivity contribution in [3.63, 3.8) is 0 Å². The van der Waals surface area contributed by atoms with Gasteiger partial charge in [0.2, 0.25) is 5.91 Å². The molecule has 5 rings (SSSR count). The maximum atomic E-state index is 12.1. The molecule has 4 aromatic rings. The van der Waals surface area contributed by atoms with Crippen LogP contribution >= 0.6 is 0 Å². The number of carbonyl (C=O) groups excluding carboxylic acids is 1. The SMILES string of the molecule is COc1cccc(C2Oc3cccc(OC)c3-c3ccc(-c4ccccc4C(N)=O)cc32)c1. The first-order valence-electron chi connectivity index (χ1n) is 10.6. The Balaban J connectivity index is 1.75. The quantitative estimate of drug-likeness (QED) is 0.440. The molecule has 1 aliphatic rings. The van der Waals surface area contributed by atoms with E-state index < -0.39 is 5.91 Å². The summed E-state index contributed by atoms with van der Waals surface area (Å²) in [7, 11) is 3.30. The molecule has 33 heavy (non-hydrogen) atoms. The molecule has 0 saturated carbocycles. The van der Waals surface area contributed by atoms with E-state index in [0.29, 0.717) is 5.56 Å². The van der Waals surface area contributed by atoms with E-state index in [4.69, 9.17) is 19.9 Å². The number of hydrogen-bond donors (Lipinski definition) is 1. The largest absolute Gasteiger partial charge is 0.497 e. The van der Waals surface area contributed by atoms with Crippen LogP contribution in [0.2, 0.25) is 0 Å². The molecule has 164 valence electrons. The summed E-state index contributed by atoms with van der Waals surface area (Å²) >= 11 is 0. The van der Waals surface area contributed by atoms with Crippen molar-refractivity contribution < 1.29 is 19.0 Å². The Morgan fingerprint density at radius 2 is 1.67 bits per heavy atom. The second-order valence-electron chi connectivity index (χ2n) is 7.82. The van der Waals surface area contributed by atoms with E-state index in [-0.39, 0.29) is 6.10 Å². The minimum Gasteiger partial charge on any atom is -0.497 e. The van der Waals surface area contributed by atoms with Crippen LogP contribution < -0.4 is 19.9 Å². The fraction of sp³-hybridized carbons (Fsp3) is 0.107. The van der Waals surface area contributed by atoms with Gasteiger partial charge in [-0.15, -0.1) is 0 Å². The monoisotopic (exact) mass is 437 g/mol. The van der Waals surface area contributed by atoms with Gasteiger partial charge in [-0.3, -0.25) is 4.79 Å². The van der Waals surface area contributed by atoms with Gasteiger partial charge in [-0.05, 0) is 53.1 Å². The summed E-state index contributed by atoms with van der Waals surface area (Å²) in [4.78, 5) is 12.1. The van der Waals surface area contributed by atoms with Gasteiger partial charge in [0.15, 0.2) is 0 Å². The van der Waals surface area contributed by atoms with E-state index in [1.54, 1.807) is 20.3 Å². The van der Waals surface area contributed by atoms with Gasteiger partial charge in [0.25, 0.3) is 0 Å². The third kappa shape index (κ3) is 3.57. The lowest BCUT2D eigenvalue weighted by atomic mass is 9.86. The van der Waals surface area contributed by atoms with Gasteiger partial charge in [-0.25, -0.2) is 0 Å². The second-order valence-corrected chi connectivity index (χ2v) is 7.82. The highest BCUT2D eigenvalue weighted by Gasteiger charge is 2.30. The summed E-state index contributed by atoms with van der Waals surface area (Å²) in [5.74, 6) is 1.78. The average molecular weight is 437 g/mol. The molecule has 0 saturated heterocycles. The number of nitrogens with two attached hydrogens (primary N) is 1. The number of hydrogen-bond acceptors (Lipinski definition) is 4. The zero-order chi connectivity index (χ0) is 22.9. The molecule has 1 heterocycles. The summed E-state index contributed by atoms with van der Waals surface area (Å²) in [6.07, 6.45) is -0.365.